The Morgan fingerprint density at radius 1 is 1.23 bits per heavy atom. The van der Waals surface area contributed by atoms with Crippen LogP contribution in [0.25, 0.3) is 11.0 Å². The predicted octanol–water partition coefficient (Wildman–Crippen LogP) is 3.49. The zero-order valence-electron chi connectivity index (χ0n) is 15.1. The molecule has 6 heteroatoms. The van der Waals surface area contributed by atoms with Gasteiger partial charge >= 0.3 is 0 Å². The maximum atomic E-state index is 5.26. The van der Waals surface area contributed by atoms with Gasteiger partial charge in [0.15, 0.2) is 0 Å². The Kier molecular flexibility index (Phi) is 4.98. The van der Waals surface area contributed by atoms with E-state index in [0.29, 0.717) is 6.04 Å². The van der Waals surface area contributed by atoms with Crippen molar-refractivity contribution in [3.8, 4) is 5.75 Å². The molecule has 3 aromatic rings. The molecule has 0 spiro atoms. The minimum absolute atomic E-state index is 0.332. The quantitative estimate of drug-likeness (QED) is 0.709. The summed E-state index contributed by atoms with van der Waals surface area (Å²) in [6.45, 7) is 3.84. The average Bonchev–Trinajstić information content (AvgIpc) is 2.97. The number of fused-ring (bicyclic) bond motifs is 1. The molecule has 0 bridgehead atoms. The van der Waals surface area contributed by atoms with Crippen molar-refractivity contribution in [3.63, 3.8) is 0 Å². The minimum atomic E-state index is 0.332. The van der Waals surface area contributed by atoms with Crippen molar-refractivity contribution in [1.82, 2.24) is 19.8 Å². The fraction of sp³-hybridized carbons (Fsp3) is 0.350. The highest BCUT2D eigenvalue weighted by atomic mass is 79.9. The van der Waals surface area contributed by atoms with Gasteiger partial charge in [0.1, 0.15) is 11.6 Å². The van der Waals surface area contributed by atoms with E-state index in [1.54, 1.807) is 7.11 Å². The minimum Gasteiger partial charge on any atom is -0.497 e. The van der Waals surface area contributed by atoms with Crippen LogP contribution in [0.1, 0.15) is 17.4 Å². The zero-order chi connectivity index (χ0) is 18.1. The van der Waals surface area contributed by atoms with Crippen molar-refractivity contribution >= 4 is 27.0 Å². The number of aromatic nitrogens is 2. The maximum absolute atomic E-state index is 5.26. The maximum Gasteiger partial charge on any atom is 0.123 e. The van der Waals surface area contributed by atoms with Gasteiger partial charge in [0.05, 0.1) is 24.7 Å². The second kappa shape index (κ2) is 7.39. The number of ether oxygens (including phenoxy) is 1. The lowest BCUT2D eigenvalue weighted by Gasteiger charge is -2.33. The highest BCUT2D eigenvalue weighted by Crippen LogP contribution is 2.23. The van der Waals surface area contributed by atoms with Gasteiger partial charge in [-0.25, -0.2) is 4.98 Å². The van der Waals surface area contributed by atoms with Crippen LogP contribution in [0.5, 0.6) is 5.75 Å². The Hall–Kier alpha value is -1.89. The van der Waals surface area contributed by atoms with Gasteiger partial charge in [-0.05, 0) is 35.9 Å². The number of nitrogens with one attached hydrogen (secondary N) is 1. The second-order valence-electron chi connectivity index (χ2n) is 6.74. The summed E-state index contributed by atoms with van der Waals surface area (Å²) in [4.78, 5) is 7.31. The first kappa shape index (κ1) is 17.5. The van der Waals surface area contributed by atoms with E-state index in [2.05, 4.69) is 62.0 Å². The number of hydrogen-bond donors (Lipinski definition) is 1. The molecular formula is C20H23BrN4O. The zero-order valence-corrected chi connectivity index (χ0v) is 16.7. The summed E-state index contributed by atoms with van der Waals surface area (Å²) in [6.07, 6.45) is 0. The van der Waals surface area contributed by atoms with Gasteiger partial charge in [0.2, 0.25) is 0 Å². The molecule has 26 heavy (non-hydrogen) atoms. The van der Waals surface area contributed by atoms with E-state index < -0.39 is 0 Å². The third-order valence-electron chi connectivity index (χ3n) is 5.08. The molecule has 5 nitrogen and oxygen atoms in total. The van der Waals surface area contributed by atoms with Gasteiger partial charge in [-0.3, -0.25) is 4.90 Å². The number of hydrogen-bond acceptors (Lipinski definition) is 4. The molecule has 1 aromatic heterocycles. The molecule has 1 unspecified atom stereocenters. The number of halogens is 1. The van der Waals surface area contributed by atoms with Crippen molar-refractivity contribution in [1.29, 1.82) is 0 Å². The van der Waals surface area contributed by atoms with Crippen LogP contribution < -0.4 is 10.1 Å². The molecular weight excluding hydrogens is 392 g/mol. The molecule has 1 aliphatic heterocycles. The molecule has 0 radical (unpaired) electrons. The molecule has 136 valence electrons. The van der Waals surface area contributed by atoms with Crippen LogP contribution in [-0.2, 0) is 13.6 Å². The number of rotatable bonds is 4. The summed E-state index contributed by atoms with van der Waals surface area (Å²) in [5, 5.41) is 3.62. The molecule has 0 saturated carbocycles. The number of piperazine rings is 1. The van der Waals surface area contributed by atoms with E-state index in [9.17, 15) is 0 Å². The van der Waals surface area contributed by atoms with E-state index in [1.807, 2.05) is 18.2 Å². The number of nitrogens with zero attached hydrogens (tertiary/aromatic N) is 3. The summed E-state index contributed by atoms with van der Waals surface area (Å²) >= 11 is 3.55. The van der Waals surface area contributed by atoms with E-state index in [0.717, 1.165) is 53.3 Å². The largest absolute Gasteiger partial charge is 0.497 e. The third kappa shape index (κ3) is 3.49. The summed E-state index contributed by atoms with van der Waals surface area (Å²) in [5.74, 6) is 2.00. The summed E-state index contributed by atoms with van der Waals surface area (Å²) in [6, 6.07) is 14.9. The molecule has 1 fully saturated rings. The third-order valence-corrected chi connectivity index (χ3v) is 5.57. The van der Waals surface area contributed by atoms with Crippen molar-refractivity contribution in [2.75, 3.05) is 26.7 Å². The van der Waals surface area contributed by atoms with Crippen molar-refractivity contribution in [2.24, 2.45) is 7.05 Å². The fourth-order valence-electron chi connectivity index (χ4n) is 3.57. The normalized spacial score (nSPS) is 18.3. The van der Waals surface area contributed by atoms with Gasteiger partial charge in [-0.15, -0.1) is 0 Å². The van der Waals surface area contributed by atoms with Gasteiger partial charge in [-0.2, -0.15) is 0 Å². The highest BCUT2D eigenvalue weighted by Gasteiger charge is 2.22. The Labute approximate surface area is 162 Å². The summed E-state index contributed by atoms with van der Waals surface area (Å²) < 4.78 is 8.55. The van der Waals surface area contributed by atoms with Crippen molar-refractivity contribution in [2.45, 2.75) is 12.6 Å². The SMILES string of the molecule is COc1ccc(C2CN(Cc3nc4ccc(Br)cc4n3C)CCN2)cc1. The van der Waals surface area contributed by atoms with Crippen LogP contribution in [-0.4, -0.2) is 41.2 Å². The Morgan fingerprint density at radius 2 is 2.04 bits per heavy atom. The number of methoxy groups -OCH3 is 1. The first-order valence-corrected chi connectivity index (χ1v) is 9.64. The molecule has 0 amide bonds. The van der Waals surface area contributed by atoms with Gasteiger partial charge < -0.3 is 14.6 Å². The predicted molar refractivity (Wildman–Crippen MR) is 107 cm³/mol. The van der Waals surface area contributed by atoms with Crippen LogP contribution in [0, 0.1) is 0 Å². The van der Waals surface area contributed by atoms with E-state index in [-0.39, 0.29) is 0 Å². The van der Waals surface area contributed by atoms with Crippen LogP contribution in [0.4, 0.5) is 0 Å². The number of imidazole rings is 1. The second-order valence-corrected chi connectivity index (χ2v) is 7.65. The van der Waals surface area contributed by atoms with E-state index >= 15 is 0 Å². The van der Waals surface area contributed by atoms with E-state index in [1.165, 1.54) is 5.56 Å². The lowest BCUT2D eigenvalue weighted by atomic mass is 10.0. The van der Waals surface area contributed by atoms with Crippen LogP contribution in [0.2, 0.25) is 0 Å². The molecule has 1 N–H and O–H groups in total. The Bertz CT molecular complexity index is 906. The molecule has 1 saturated heterocycles. The van der Waals surface area contributed by atoms with Crippen molar-refractivity contribution in [3.05, 3.63) is 58.3 Å². The van der Waals surface area contributed by atoms with Crippen LogP contribution >= 0.6 is 15.9 Å². The van der Waals surface area contributed by atoms with Gasteiger partial charge in [-0.1, -0.05) is 28.1 Å². The lowest BCUT2D eigenvalue weighted by molar-refractivity contribution is 0.188. The molecule has 4 rings (SSSR count). The first-order valence-electron chi connectivity index (χ1n) is 8.84. The van der Waals surface area contributed by atoms with Crippen LogP contribution in [0.15, 0.2) is 46.9 Å². The van der Waals surface area contributed by atoms with Crippen molar-refractivity contribution < 1.29 is 4.74 Å². The lowest BCUT2D eigenvalue weighted by Crippen LogP contribution is -2.45. The summed E-state index contributed by atoms with van der Waals surface area (Å²) in [7, 11) is 3.80. The average molecular weight is 415 g/mol. The standard InChI is InChI=1S/C20H23BrN4O/c1-24-19-11-15(21)5-8-17(19)23-20(24)13-25-10-9-22-18(12-25)14-3-6-16(26-2)7-4-14/h3-8,11,18,22H,9-10,12-13H2,1-2H3. The topological polar surface area (TPSA) is 42.3 Å². The molecule has 1 atom stereocenters. The monoisotopic (exact) mass is 414 g/mol. The molecule has 2 heterocycles. The highest BCUT2D eigenvalue weighted by molar-refractivity contribution is 9.10. The van der Waals surface area contributed by atoms with Crippen LogP contribution in [0.3, 0.4) is 0 Å². The Balaban J connectivity index is 1.50. The number of aryl methyl sites for hydroxylation is 1. The fourth-order valence-corrected chi connectivity index (χ4v) is 3.92. The summed E-state index contributed by atoms with van der Waals surface area (Å²) in [5.41, 5.74) is 3.51. The number of benzene rings is 2. The van der Waals surface area contributed by atoms with E-state index in [4.69, 9.17) is 9.72 Å². The molecule has 2 aromatic carbocycles. The smallest absolute Gasteiger partial charge is 0.123 e. The molecule has 1 aliphatic rings. The Morgan fingerprint density at radius 3 is 2.81 bits per heavy atom. The molecule has 0 aliphatic carbocycles. The van der Waals surface area contributed by atoms with Gasteiger partial charge in [0.25, 0.3) is 0 Å². The van der Waals surface area contributed by atoms with Gasteiger partial charge in [0, 0.05) is 37.2 Å². The first-order chi connectivity index (χ1) is 12.6.